The minimum atomic E-state index is -0.543. The Bertz CT molecular complexity index is 648. The number of anilines is 2. The molecule has 2 N–H and O–H groups in total. The van der Waals surface area contributed by atoms with Crippen LogP contribution in [0.15, 0.2) is 18.3 Å². The highest BCUT2D eigenvalue weighted by atomic mass is 16.5. The van der Waals surface area contributed by atoms with E-state index in [1.165, 1.54) is 32.1 Å². The number of ether oxygens (including phenoxy) is 1. The van der Waals surface area contributed by atoms with Crippen molar-refractivity contribution in [2.75, 3.05) is 17.2 Å². The van der Waals surface area contributed by atoms with E-state index in [9.17, 15) is 4.79 Å². The van der Waals surface area contributed by atoms with Gasteiger partial charge in [0.15, 0.2) is 5.65 Å². The number of aromatic nitrogens is 3. The zero-order valence-corrected chi connectivity index (χ0v) is 12.7. The average molecular weight is 303 g/mol. The van der Waals surface area contributed by atoms with Crippen LogP contribution in [0.3, 0.4) is 0 Å². The predicted octanol–water partition coefficient (Wildman–Crippen LogP) is 3.04. The zero-order chi connectivity index (χ0) is 15.4. The molecule has 0 bridgehead atoms. The van der Waals surface area contributed by atoms with E-state index in [0.29, 0.717) is 18.3 Å². The number of fused-ring (bicyclic) bond motifs is 1. The van der Waals surface area contributed by atoms with Gasteiger partial charge in [0.25, 0.3) is 5.95 Å². The minimum absolute atomic E-state index is 0.244. The lowest BCUT2D eigenvalue weighted by molar-refractivity contribution is 0.167. The van der Waals surface area contributed by atoms with E-state index in [0.717, 1.165) is 5.69 Å². The maximum absolute atomic E-state index is 11.4. The lowest BCUT2D eigenvalue weighted by Gasteiger charge is -2.23. The van der Waals surface area contributed by atoms with E-state index in [1.54, 1.807) is 11.4 Å². The second kappa shape index (κ2) is 6.64. The fourth-order valence-electron chi connectivity index (χ4n) is 2.77. The number of nitrogens with zero attached hydrogens (tertiary/aromatic N) is 3. The summed E-state index contributed by atoms with van der Waals surface area (Å²) in [5.41, 5.74) is 1.72. The Kier molecular flexibility index (Phi) is 4.41. The van der Waals surface area contributed by atoms with Crippen LogP contribution in [0.4, 0.5) is 16.4 Å². The Morgan fingerprint density at radius 3 is 3.00 bits per heavy atom. The molecule has 2 aromatic rings. The van der Waals surface area contributed by atoms with Gasteiger partial charge in [-0.15, -0.1) is 5.10 Å². The van der Waals surface area contributed by atoms with Crippen LogP contribution in [0.1, 0.15) is 39.0 Å². The maximum Gasteiger partial charge on any atom is 0.414 e. The Labute approximate surface area is 129 Å². The van der Waals surface area contributed by atoms with Crippen LogP contribution in [0.5, 0.6) is 0 Å². The predicted molar refractivity (Wildman–Crippen MR) is 84.1 cm³/mol. The molecule has 0 aliphatic heterocycles. The van der Waals surface area contributed by atoms with Crippen molar-refractivity contribution in [2.45, 2.75) is 45.1 Å². The third-order valence-electron chi connectivity index (χ3n) is 3.80. The standard InChI is InChI=1S/C15H21N5O2/c1-2-22-15(21)18-14-17-13-10-12(8-9-20(13)19-14)16-11-6-4-3-5-7-11/h8-11,16H,2-7H2,1H3,(H,18,19,21). The number of hydrogen-bond acceptors (Lipinski definition) is 5. The van der Waals surface area contributed by atoms with Gasteiger partial charge in [-0.3, -0.25) is 5.32 Å². The molecule has 7 heteroatoms. The first-order chi connectivity index (χ1) is 10.7. The third-order valence-corrected chi connectivity index (χ3v) is 3.80. The molecule has 0 atom stereocenters. The highest BCUT2D eigenvalue weighted by Crippen LogP contribution is 2.22. The first kappa shape index (κ1) is 14.6. The number of pyridine rings is 1. The number of rotatable bonds is 4. The third kappa shape index (κ3) is 3.47. The second-order valence-electron chi connectivity index (χ2n) is 5.48. The number of hydrogen-bond donors (Lipinski definition) is 2. The van der Waals surface area contributed by atoms with Crippen LogP contribution in [0, 0.1) is 0 Å². The van der Waals surface area contributed by atoms with E-state index in [2.05, 4.69) is 20.7 Å². The number of nitrogens with one attached hydrogen (secondary N) is 2. The molecule has 0 saturated heterocycles. The normalized spacial score (nSPS) is 15.7. The molecule has 1 aliphatic rings. The maximum atomic E-state index is 11.4. The monoisotopic (exact) mass is 303 g/mol. The molecule has 1 saturated carbocycles. The first-order valence-electron chi connectivity index (χ1n) is 7.81. The van der Waals surface area contributed by atoms with E-state index in [1.807, 2.05) is 18.3 Å². The van der Waals surface area contributed by atoms with Gasteiger partial charge < -0.3 is 10.1 Å². The average Bonchev–Trinajstić information content (AvgIpc) is 2.90. The summed E-state index contributed by atoms with van der Waals surface area (Å²) in [4.78, 5) is 15.7. The van der Waals surface area contributed by atoms with Crippen LogP contribution in [-0.4, -0.2) is 33.3 Å². The summed E-state index contributed by atoms with van der Waals surface area (Å²) in [7, 11) is 0. The highest BCUT2D eigenvalue weighted by Gasteiger charge is 2.14. The molecule has 1 aliphatic carbocycles. The molecule has 1 amide bonds. The van der Waals surface area contributed by atoms with E-state index >= 15 is 0 Å². The minimum Gasteiger partial charge on any atom is -0.450 e. The van der Waals surface area contributed by atoms with Crippen LogP contribution in [0.2, 0.25) is 0 Å². The molecular formula is C15H21N5O2. The van der Waals surface area contributed by atoms with Crippen molar-refractivity contribution in [2.24, 2.45) is 0 Å². The van der Waals surface area contributed by atoms with Crippen LogP contribution < -0.4 is 10.6 Å². The summed E-state index contributed by atoms with van der Waals surface area (Å²) in [6.07, 6.45) is 7.64. The van der Waals surface area contributed by atoms with Crippen molar-refractivity contribution in [3.8, 4) is 0 Å². The molecular weight excluding hydrogens is 282 g/mol. The van der Waals surface area contributed by atoms with Gasteiger partial charge >= 0.3 is 6.09 Å². The van der Waals surface area contributed by atoms with Crippen molar-refractivity contribution in [3.05, 3.63) is 18.3 Å². The van der Waals surface area contributed by atoms with Crippen molar-refractivity contribution >= 4 is 23.4 Å². The van der Waals surface area contributed by atoms with Gasteiger partial charge in [-0.05, 0) is 25.8 Å². The van der Waals surface area contributed by atoms with Gasteiger partial charge in [-0.1, -0.05) is 19.3 Å². The van der Waals surface area contributed by atoms with Crippen LogP contribution in [-0.2, 0) is 4.74 Å². The van der Waals surface area contributed by atoms with Gasteiger partial charge in [-0.2, -0.15) is 4.98 Å². The van der Waals surface area contributed by atoms with Gasteiger partial charge in [-0.25, -0.2) is 9.31 Å². The van der Waals surface area contributed by atoms with Gasteiger partial charge in [0.2, 0.25) is 0 Å². The van der Waals surface area contributed by atoms with Crippen LogP contribution >= 0.6 is 0 Å². The molecule has 7 nitrogen and oxygen atoms in total. The smallest absolute Gasteiger partial charge is 0.414 e. The van der Waals surface area contributed by atoms with E-state index < -0.39 is 6.09 Å². The second-order valence-corrected chi connectivity index (χ2v) is 5.48. The highest BCUT2D eigenvalue weighted by molar-refractivity contribution is 5.82. The SMILES string of the molecule is CCOC(=O)Nc1nc2cc(NC3CCCCC3)ccn2n1. The van der Waals surface area contributed by atoms with Gasteiger partial charge in [0.1, 0.15) is 0 Å². The molecule has 3 rings (SSSR count). The lowest BCUT2D eigenvalue weighted by atomic mass is 9.95. The molecule has 2 heterocycles. The summed E-state index contributed by atoms with van der Waals surface area (Å²) in [5, 5.41) is 10.2. The fourth-order valence-corrected chi connectivity index (χ4v) is 2.77. The van der Waals surface area contributed by atoms with Crippen molar-refractivity contribution < 1.29 is 9.53 Å². The molecule has 118 valence electrons. The fraction of sp³-hybridized carbons (Fsp3) is 0.533. The topological polar surface area (TPSA) is 80.5 Å². The molecule has 0 aromatic carbocycles. The largest absolute Gasteiger partial charge is 0.450 e. The summed E-state index contributed by atoms with van der Waals surface area (Å²) >= 11 is 0. The summed E-state index contributed by atoms with van der Waals surface area (Å²) in [5.74, 6) is 0.244. The summed E-state index contributed by atoms with van der Waals surface area (Å²) in [6.45, 7) is 2.06. The van der Waals surface area contributed by atoms with Gasteiger partial charge in [0.05, 0.1) is 6.61 Å². The Hall–Kier alpha value is -2.31. The van der Waals surface area contributed by atoms with E-state index in [4.69, 9.17) is 4.74 Å². The Morgan fingerprint density at radius 1 is 1.41 bits per heavy atom. The first-order valence-corrected chi connectivity index (χ1v) is 7.81. The number of carbonyl (C=O) groups is 1. The summed E-state index contributed by atoms with van der Waals surface area (Å²) < 4.78 is 6.45. The molecule has 0 radical (unpaired) electrons. The van der Waals surface area contributed by atoms with Crippen LogP contribution in [0.25, 0.3) is 5.65 Å². The molecule has 0 spiro atoms. The number of carbonyl (C=O) groups excluding carboxylic acids is 1. The van der Waals surface area contributed by atoms with Crippen molar-refractivity contribution in [1.29, 1.82) is 0 Å². The molecule has 22 heavy (non-hydrogen) atoms. The molecule has 1 fully saturated rings. The quantitative estimate of drug-likeness (QED) is 0.907. The molecule has 2 aromatic heterocycles. The van der Waals surface area contributed by atoms with Crippen molar-refractivity contribution in [3.63, 3.8) is 0 Å². The zero-order valence-electron chi connectivity index (χ0n) is 12.7. The van der Waals surface area contributed by atoms with Crippen molar-refractivity contribution in [1.82, 2.24) is 14.6 Å². The number of amides is 1. The summed E-state index contributed by atoms with van der Waals surface area (Å²) in [6, 6.07) is 4.46. The van der Waals surface area contributed by atoms with E-state index in [-0.39, 0.29) is 5.95 Å². The van der Waals surface area contributed by atoms with Gasteiger partial charge in [0, 0.05) is 24.0 Å². The lowest BCUT2D eigenvalue weighted by Crippen LogP contribution is -2.22. The molecule has 0 unspecified atom stereocenters. The Balaban J connectivity index is 1.70. The Morgan fingerprint density at radius 2 is 2.23 bits per heavy atom.